The number of hydrogen-bond acceptors (Lipinski definition) is 6. The van der Waals surface area contributed by atoms with E-state index in [0.717, 1.165) is 18.5 Å². The third-order valence-corrected chi connectivity index (χ3v) is 4.50. The van der Waals surface area contributed by atoms with E-state index in [9.17, 15) is 4.79 Å². The fraction of sp³-hybridized carbons (Fsp3) is 0.625. The van der Waals surface area contributed by atoms with Gasteiger partial charge in [0, 0.05) is 12.2 Å². The molecule has 1 amide bonds. The van der Waals surface area contributed by atoms with Crippen molar-refractivity contribution in [1.82, 2.24) is 24.8 Å². The summed E-state index contributed by atoms with van der Waals surface area (Å²) in [6.45, 7) is 7.58. The molecular weight excluding hydrogens is 310 g/mol. The molecule has 1 aliphatic heterocycles. The first kappa shape index (κ1) is 16.6. The molecule has 0 aromatic carbocycles. The highest BCUT2D eigenvalue weighted by molar-refractivity contribution is 5.92. The van der Waals surface area contributed by atoms with Crippen LogP contribution in [-0.4, -0.2) is 50.5 Å². The Morgan fingerprint density at radius 3 is 2.88 bits per heavy atom. The predicted octanol–water partition coefficient (Wildman–Crippen LogP) is 2.15. The van der Waals surface area contributed by atoms with Gasteiger partial charge < -0.3 is 14.2 Å². The molecule has 3 heterocycles. The van der Waals surface area contributed by atoms with Crippen molar-refractivity contribution in [2.45, 2.75) is 45.7 Å². The molecule has 1 atom stereocenters. The summed E-state index contributed by atoms with van der Waals surface area (Å²) >= 11 is 0. The molecule has 0 N–H and O–H groups in total. The van der Waals surface area contributed by atoms with Gasteiger partial charge in [-0.2, -0.15) is 10.1 Å². The van der Waals surface area contributed by atoms with Crippen LogP contribution in [0.25, 0.3) is 0 Å². The molecule has 0 aliphatic carbocycles. The average molecular weight is 333 g/mol. The molecule has 0 bridgehead atoms. The van der Waals surface area contributed by atoms with E-state index in [1.165, 1.54) is 6.39 Å². The fourth-order valence-corrected chi connectivity index (χ4v) is 3.13. The maximum absolute atomic E-state index is 13.0. The number of carbonyl (C=O) groups is 1. The third kappa shape index (κ3) is 3.06. The Morgan fingerprint density at radius 1 is 1.42 bits per heavy atom. The van der Waals surface area contributed by atoms with Crippen LogP contribution in [0.3, 0.4) is 0 Å². The Bertz CT molecular complexity index is 678. The molecule has 1 fully saturated rings. The summed E-state index contributed by atoms with van der Waals surface area (Å²) in [5.74, 6) is 0.333. The summed E-state index contributed by atoms with van der Waals surface area (Å²) in [5.41, 5.74) is 1.45. The van der Waals surface area contributed by atoms with Gasteiger partial charge in [0.05, 0.1) is 19.3 Å². The second-order valence-corrected chi connectivity index (χ2v) is 5.96. The quantitative estimate of drug-likeness (QED) is 0.833. The molecule has 2 aromatic rings. The number of hydrogen-bond donors (Lipinski definition) is 0. The summed E-state index contributed by atoms with van der Waals surface area (Å²) in [6, 6.07) is 1.82. The van der Waals surface area contributed by atoms with Gasteiger partial charge in [0.25, 0.3) is 5.91 Å². The lowest BCUT2D eigenvalue weighted by Gasteiger charge is -2.33. The van der Waals surface area contributed by atoms with Gasteiger partial charge in [-0.3, -0.25) is 9.48 Å². The summed E-state index contributed by atoms with van der Waals surface area (Å²) < 4.78 is 12.2. The van der Waals surface area contributed by atoms with Crippen LogP contribution in [0.5, 0.6) is 0 Å². The van der Waals surface area contributed by atoms with Crippen molar-refractivity contribution >= 4 is 5.91 Å². The number of rotatable bonds is 5. The number of ether oxygens (including phenoxy) is 1. The van der Waals surface area contributed by atoms with E-state index in [2.05, 4.69) is 29.1 Å². The standard InChI is InChI=1S/C16H23N5O3/c1-4-12(5-2)21-11(3)8-13(18-21)16(22)20-6-7-23-9-14(20)15-17-10-24-19-15/h8,10,12,14H,4-7,9H2,1-3H3/t14-/m1/s1. The molecule has 0 spiro atoms. The first-order valence-corrected chi connectivity index (χ1v) is 8.36. The van der Waals surface area contributed by atoms with Crippen LogP contribution in [0.1, 0.15) is 60.8 Å². The van der Waals surface area contributed by atoms with E-state index < -0.39 is 0 Å². The van der Waals surface area contributed by atoms with Gasteiger partial charge in [-0.05, 0) is 25.8 Å². The Labute approximate surface area is 140 Å². The molecule has 3 rings (SSSR count). The Balaban J connectivity index is 1.86. The van der Waals surface area contributed by atoms with E-state index in [4.69, 9.17) is 9.26 Å². The normalized spacial score (nSPS) is 18.3. The van der Waals surface area contributed by atoms with E-state index in [1.54, 1.807) is 4.90 Å². The van der Waals surface area contributed by atoms with Crippen LogP contribution < -0.4 is 0 Å². The lowest BCUT2D eigenvalue weighted by atomic mass is 10.2. The van der Waals surface area contributed by atoms with Crippen molar-refractivity contribution in [2.75, 3.05) is 19.8 Å². The average Bonchev–Trinajstić information content (AvgIpc) is 3.26. The molecule has 0 unspecified atom stereocenters. The van der Waals surface area contributed by atoms with Gasteiger partial charge in [-0.1, -0.05) is 19.0 Å². The Kier molecular flexibility index (Phi) is 4.94. The minimum atomic E-state index is -0.344. The van der Waals surface area contributed by atoms with E-state index in [1.807, 2.05) is 17.7 Å². The monoisotopic (exact) mass is 333 g/mol. The summed E-state index contributed by atoms with van der Waals surface area (Å²) in [5, 5.41) is 8.42. The van der Waals surface area contributed by atoms with Crippen molar-refractivity contribution in [3.63, 3.8) is 0 Å². The largest absolute Gasteiger partial charge is 0.377 e. The highest BCUT2D eigenvalue weighted by Crippen LogP contribution is 2.24. The smallest absolute Gasteiger partial charge is 0.275 e. The molecule has 1 saturated heterocycles. The zero-order valence-corrected chi connectivity index (χ0v) is 14.3. The van der Waals surface area contributed by atoms with Crippen molar-refractivity contribution in [2.24, 2.45) is 0 Å². The van der Waals surface area contributed by atoms with Gasteiger partial charge in [-0.25, -0.2) is 0 Å². The van der Waals surface area contributed by atoms with Crippen LogP contribution >= 0.6 is 0 Å². The molecule has 8 nitrogen and oxygen atoms in total. The minimum absolute atomic E-state index is 0.124. The number of amides is 1. The number of aromatic nitrogens is 4. The zero-order chi connectivity index (χ0) is 17.1. The van der Waals surface area contributed by atoms with Gasteiger partial charge in [0.2, 0.25) is 6.39 Å². The van der Waals surface area contributed by atoms with Crippen LogP contribution in [0, 0.1) is 6.92 Å². The molecule has 130 valence electrons. The first-order valence-electron chi connectivity index (χ1n) is 8.36. The van der Waals surface area contributed by atoms with E-state index in [0.29, 0.717) is 37.3 Å². The number of nitrogens with zero attached hydrogens (tertiary/aromatic N) is 5. The lowest BCUT2D eigenvalue weighted by Crippen LogP contribution is -2.44. The van der Waals surface area contributed by atoms with E-state index in [-0.39, 0.29) is 11.9 Å². The zero-order valence-electron chi connectivity index (χ0n) is 14.3. The molecule has 24 heavy (non-hydrogen) atoms. The number of morpholine rings is 1. The SMILES string of the molecule is CCC(CC)n1nc(C(=O)N2CCOC[C@@H]2c2ncon2)cc1C. The highest BCUT2D eigenvalue weighted by Gasteiger charge is 2.33. The van der Waals surface area contributed by atoms with Gasteiger partial charge in [0.1, 0.15) is 6.04 Å². The maximum Gasteiger partial charge on any atom is 0.275 e. The number of carbonyl (C=O) groups excluding carboxylic acids is 1. The summed E-state index contributed by atoms with van der Waals surface area (Å²) in [7, 11) is 0. The third-order valence-electron chi connectivity index (χ3n) is 4.50. The molecule has 0 radical (unpaired) electrons. The number of aryl methyl sites for hydroxylation is 1. The van der Waals surface area contributed by atoms with Gasteiger partial charge in [0.15, 0.2) is 11.5 Å². The molecular formula is C16H23N5O3. The fourth-order valence-electron chi connectivity index (χ4n) is 3.13. The van der Waals surface area contributed by atoms with Crippen molar-refractivity contribution < 1.29 is 14.1 Å². The van der Waals surface area contributed by atoms with Gasteiger partial charge in [-0.15, -0.1) is 0 Å². The van der Waals surface area contributed by atoms with Crippen molar-refractivity contribution in [3.8, 4) is 0 Å². The van der Waals surface area contributed by atoms with Crippen LogP contribution in [0.2, 0.25) is 0 Å². The molecule has 0 saturated carbocycles. The van der Waals surface area contributed by atoms with Crippen LogP contribution in [0.4, 0.5) is 0 Å². The van der Waals surface area contributed by atoms with E-state index >= 15 is 0 Å². The predicted molar refractivity (Wildman–Crippen MR) is 85.5 cm³/mol. The van der Waals surface area contributed by atoms with Crippen molar-refractivity contribution in [3.05, 3.63) is 29.7 Å². The maximum atomic E-state index is 13.0. The molecule has 2 aromatic heterocycles. The summed E-state index contributed by atoms with van der Waals surface area (Å²) in [4.78, 5) is 18.8. The Hall–Kier alpha value is -2.22. The van der Waals surface area contributed by atoms with Gasteiger partial charge >= 0.3 is 0 Å². The van der Waals surface area contributed by atoms with Crippen LogP contribution in [-0.2, 0) is 4.74 Å². The molecule has 8 heteroatoms. The highest BCUT2D eigenvalue weighted by atomic mass is 16.5. The Morgan fingerprint density at radius 2 is 2.21 bits per heavy atom. The summed E-state index contributed by atoms with van der Waals surface area (Å²) in [6.07, 6.45) is 3.23. The molecule has 1 aliphatic rings. The first-order chi connectivity index (χ1) is 11.7. The minimum Gasteiger partial charge on any atom is -0.377 e. The second-order valence-electron chi connectivity index (χ2n) is 5.96. The topological polar surface area (TPSA) is 86.3 Å². The van der Waals surface area contributed by atoms with Crippen LogP contribution in [0.15, 0.2) is 17.0 Å². The second kappa shape index (κ2) is 7.12. The van der Waals surface area contributed by atoms with Crippen molar-refractivity contribution in [1.29, 1.82) is 0 Å². The lowest BCUT2D eigenvalue weighted by molar-refractivity contribution is -0.00612.